The normalized spacial score (nSPS) is 16.9. The summed E-state index contributed by atoms with van der Waals surface area (Å²) < 4.78 is 10.0. The van der Waals surface area contributed by atoms with Crippen LogP contribution in [0.25, 0.3) is 0 Å². The van der Waals surface area contributed by atoms with Gasteiger partial charge in [0.05, 0.1) is 6.61 Å². The molecule has 4 nitrogen and oxygen atoms in total. The monoisotopic (exact) mass is 251 g/mol. The van der Waals surface area contributed by atoms with Crippen LogP contribution in [-0.4, -0.2) is 18.5 Å². The second-order valence-electron chi connectivity index (χ2n) is 3.28. The summed E-state index contributed by atoms with van der Waals surface area (Å²) in [6.45, 7) is 2.29. The van der Waals surface area contributed by atoms with Crippen LogP contribution < -0.4 is 0 Å². The number of halogens is 1. The molecule has 1 aliphatic rings. The average Bonchev–Trinajstić information content (AvgIpc) is 2.68. The first-order chi connectivity index (χ1) is 8.20. The number of esters is 1. The molecule has 0 saturated heterocycles. The Morgan fingerprint density at radius 1 is 1.53 bits per heavy atom. The summed E-state index contributed by atoms with van der Waals surface area (Å²) >= 11 is 5.84. The summed E-state index contributed by atoms with van der Waals surface area (Å²) in [5, 5.41) is 0.559. The summed E-state index contributed by atoms with van der Waals surface area (Å²) in [5.74, 6) is -0.281. The lowest BCUT2D eigenvalue weighted by Gasteiger charge is -1.98. The van der Waals surface area contributed by atoms with E-state index < -0.39 is 5.97 Å². The highest BCUT2D eigenvalue weighted by Gasteiger charge is 2.24. The molecule has 0 aliphatic carbocycles. The number of carbonyl (C=O) groups excluding carboxylic acids is 1. The van der Waals surface area contributed by atoms with Crippen LogP contribution >= 0.6 is 11.6 Å². The first-order valence-corrected chi connectivity index (χ1v) is 5.47. The first kappa shape index (κ1) is 11.7. The van der Waals surface area contributed by atoms with Gasteiger partial charge in [-0.25, -0.2) is 9.79 Å². The fourth-order valence-electron chi connectivity index (χ4n) is 1.30. The maximum Gasteiger partial charge on any atom is 0.367 e. The molecule has 1 aliphatic heterocycles. The van der Waals surface area contributed by atoms with Crippen molar-refractivity contribution >= 4 is 23.5 Å². The molecule has 88 valence electrons. The fraction of sp³-hybridized carbons (Fsp3) is 0.167. The van der Waals surface area contributed by atoms with Crippen molar-refractivity contribution in [2.45, 2.75) is 6.92 Å². The van der Waals surface area contributed by atoms with Gasteiger partial charge in [-0.15, -0.1) is 0 Å². The Hall–Kier alpha value is -1.81. The molecule has 1 aromatic rings. The molecule has 0 saturated carbocycles. The van der Waals surface area contributed by atoms with E-state index in [9.17, 15) is 4.79 Å². The molecular formula is C12H10ClNO3. The lowest BCUT2D eigenvalue weighted by atomic mass is 10.2. The summed E-state index contributed by atoms with van der Waals surface area (Å²) in [7, 11) is 0. The fourth-order valence-corrected chi connectivity index (χ4v) is 1.49. The van der Waals surface area contributed by atoms with Crippen LogP contribution in [0.1, 0.15) is 12.5 Å². The molecule has 0 unspecified atom stereocenters. The van der Waals surface area contributed by atoms with Crippen LogP contribution in [0.15, 0.2) is 41.2 Å². The maximum atomic E-state index is 11.4. The van der Waals surface area contributed by atoms with E-state index in [0.29, 0.717) is 17.2 Å². The molecule has 0 atom stereocenters. The van der Waals surface area contributed by atoms with Crippen LogP contribution in [0.5, 0.6) is 0 Å². The van der Waals surface area contributed by atoms with E-state index in [-0.39, 0.29) is 11.6 Å². The van der Waals surface area contributed by atoms with Crippen LogP contribution in [0.4, 0.5) is 0 Å². The smallest absolute Gasteiger partial charge is 0.367 e. The SMILES string of the molecule is CCO/C=C1\N=C(c2cccc(Cl)c2)OC1=O. The predicted molar refractivity (Wildman–Crippen MR) is 63.8 cm³/mol. The number of cyclic esters (lactones) is 1. The van der Waals surface area contributed by atoms with Gasteiger partial charge in [-0.05, 0) is 25.1 Å². The Morgan fingerprint density at radius 3 is 3.06 bits per heavy atom. The second-order valence-corrected chi connectivity index (χ2v) is 3.71. The highest BCUT2D eigenvalue weighted by Crippen LogP contribution is 2.18. The van der Waals surface area contributed by atoms with Gasteiger partial charge >= 0.3 is 5.97 Å². The van der Waals surface area contributed by atoms with E-state index in [1.54, 1.807) is 24.3 Å². The third-order valence-corrected chi connectivity index (χ3v) is 2.29. The van der Waals surface area contributed by atoms with Gasteiger partial charge in [0.25, 0.3) is 0 Å². The zero-order valence-electron chi connectivity index (χ0n) is 9.14. The van der Waals surface area contributed by atoms with Crippen molar-refractivity contribution in [3.8, 4) is 0 Å². The number of hydrogen-bond acceptors (Lipinski definition) is 4. The van der Waals surface area contributed by atoms with Crippen LogP contribution in [0, 0.1) is 0 Å². The molecule has 0 fully saturated rings. The minimum absolute atomic E-state index is 0.154. The predicted octanol–water partition coefficient (Wildman–Crippen LogP) is 2.52. The van der Waals surface area contributed by atoms with Gasteiger partial charge in [-0.1, -0.05) is 17.7 Å². The second kappa shape index (κ2) is 5.01. The van der Waals surface area contributed by atoms with E-state index in [2.05, 4.69) is 4.99 Å². The zero-order chi connectivity index (χ0) is 12.3. The third kappa shape index (κ3) is 2.65. The van der Waals surface area contributed by atoms with Gasteiger partial charge < -0.3 is 9.47 Å². The zero-order valence-corrected chi connectivity index (χ0v) is 9.90. The van der Waals surface area contributed by atoms with Crippen molar-refractivity contribution in [2.24, 2.45) is 4.99 Å². The Balaban J connectivity index is 2.27. The van der Waals surface area contributed by atoms with Gasteiger partial charge in [-0.2, -0.15) is 0 Å². The van der Waals surface area contributed by atoms with Gasteiger partial charge in [-0.3, -0.25) is 0 Å². The lowest BCUT2D eigenvalue weighted by Crippen LogP contribution is -2.05. The molecule has 2 rings (SSSR count). The quantitative estimate of drug-likeness (QED) is 0.471. The van der Waals surface area contributed by atoms with Crippen molar-refractivity contribution in [3.63, 3.8) is 0 Å². The van der Waals surface area contributed by atoms with Gasteiger partial charge in [0.2, 0.25) is 5.90 Å². The topological polar surface area (TPSA) is 47.9 Å². The van der Waals surface area contributed by atoms with E-state index in [4.69, 9.17) is 21.1 Å². The Bertz CT molecular complexity index is 508. The van der Waals surface area contributed by atoms with Gasteiger partial charge in [0, 0.05) is 10.6 Å². The number of nitrogens with zero attached hydrogens (tertiary/aromatic N) is 1. The molecule has 5 heteroatoms. The van der Waals surface area contributed by atoms with Crippen molar-refractivity contribution in [1.82, 2.24) is 0 Å². The summed E-state index contributed by atoms with van der Waals surface area (Å²) in [4.78, 5) is 15.5. The van der Waals surface area contributed by atoms with Crippen LogP contribution in [-0.2, 0) is 14.3 Å². The number of rotatable bonds is 3. The average molecular weight is 252 g/mol. The largest absolute Gasteiger partial charge is 0.499 e. The summed E-state index contributed by atoms with van der Waals surface area (Å²) in [6.07, 6.45) is 1.29. The van der Waals surface area contributed by atoms with E-state index in [1.807, 2.05) is 6.92 Å². The number of carbonyl (C=O) groups is 1. The summed E-state index contributed by atoms with van der Waals surface area (Å²) in [6, 6.07) is 6.94. The van der Waals surface area contributed by atoms with E-state index >= 15 is 0 Å². The highest BCUT2D eigenvalue weighted by atomic mass is 35.5. The highest BCUT2D eigenvalue weighted by molar-refractivity contribution is 6.31. The maximum absolute atomic E-state index is 11.4. The molecule has 1 heterocycles. The Kier molecular flexibility index (Phi) is 3.44. The molecule has 0 N–H and O–H groups in total. The molecule has 17 heavy (non-hydrogen) atoms. The minimum atomic E-state index is -0.520. The van der Waals surface area contributed by atoms with Crippen molar-refractivity contribution in [1.29, 1.82) is 0 Å². The minimum Gasteiger partial charge on any atom is -0.499 e. The van der Waals surface area contributed by atoms with E-state index in [0.717, 1.165) is 0 Å². The van der Waals surface area contributed by atoms with E-state index in [1.165, 1.54) is 6.26 Å². The standard InChI is InChI=1S/C12H10ClNO3/c1-2-16-7-10-12(15)17-11(14-10)8-4-3-5-9(13)6-8/h3-7H,2H2,1H3/b10-7-. The number of ether oxygens (including phenoxy) is 2. The summed E-state index contributed by atoms with van der Waals surface area (Å²) in [5.41, 5.74) is 0.813. The first-order valence-electron chi connectivity index (χ1n) is 5.09. The molecular weight excluding hydrogens is 242 g/mol. The Labute approximate surface area is 104 Å². The van der Waals surface area contributed by atoms with Crippen LogP contribution in [0.3, 0.4) is 0 Å². The number of benzene rings is 1. The molecule has 0 aromatic heterocycles. The molecule has 0 amide bonds. The van der Waals surface area contributed by atoms with Crippen molar-refractivity contribution < 1.29 is 14.3 Å². The van der Waals surface area contributed by atoms with Crippen molar-refractivity contribution in [3.05, 3.63) is 46.8 Å². The van der Waals surface area contributed by atoms with Crippen LogP contribution in [0.2, 0.25) is 5.02 Å². The lowest BCUT2D eigenvalue weighted by molar-refractivity contribution is -0.130. The number of aliphatic imine (C=N–C) groups is 1. The Morgan fingerprint density at radius 2 is 2.35 bits per heavy atom. The molecule has 1 aromatic carbocycles. The number of hydrogen-bond donors (Lipinski definition) is 0. The van der Waals surface area contributed by atoms with Gasteiger partial charge in [0.1, 0.15) is 6.26 Å². The molecule has 0 radical (unpaired) electrons. The molecule has 0 bridgehead atoms. The third-order valence-electron chi connectivity index (χ3n) is 2.05. The van der Waals surface area contributed by atoms with Crippen molar-refractivity contribution in [2.75, 3.05) is 6.61 Å². The molecule has 0 spiro atoms. The van der Waals surface area contributed by atoms with Gasteiger partial charge in [0.15, 0.2) is 5.70 Å².